The van der Waals surface area contributed by atoms with Crippen molar-refractivity contribution < 1.29 is 64.6 Å². The predicted octanol–water partition coefficient (Wildman–Crippen LogP) is -0.416. The molecule has 266 valence electrons. The first-order valence-electron chi connectivity index (χ1n) is 16.7. The Balaban J connectivity index is 1.81. The van der Waals surface area contributed by atoms with Crippen LogP contribution in [-0.4, -0.2) is 140 Å². The van der Waals surface area contributed by atoms with Crippen LogP contribution in [-0.2, 0) is 23.7 Å². The van der Waals surface area contributed by atoms with E-state index in [0.717, 1.165) is 25.7 Å². The van der Waals surface area contributed by atoms with Crippen molar-refractivity contribution in [3.05, 3.63) is 0 Å². The topological polar surface area (TPSA) is 228 Å². The highest BCUT2D eigenvalue weighted by Gasteiger charge is 2.50. The Morgan fingerprint density at radius 3 is 1.76 bits per heavy atom. The van der Waals surface area contributed by atoms with Gasteiger partial charge in [0.05, 0.1) is 32.0 Å². The van der Waals surface area contributed by atoms with Crippen molar-refractivity contribution >= 4 is 5.91 Å². The molecule has 12 atom stereocenters. The molecule has 45 heavy (non-hydrogen) atoms. The molecule has 2 heterocycles. The Kier molecular flexibility index (Phi) is 19.4. The molecule has 9 N–H and O–H groups in total. The lowest BCUT2D eigenvalue weighted by molar-refractivity contribution is -0.359. The van der Waals surface area contributed by atoms with E-state index in [4.69, 9.17) is 18.9 Å². The first-order valence-corrected chi connectivity index (χ1v) is 16.7. The molecule has 0 aromatic rings. The fourth-order valence-corrected chi connectivity index (χ4v) is 5.80. The second-order valence-corrected chi connectivity index (χ2v) is 12.4. The van der Waals surface area contributed by atoms with E-state index < -0.39 is 86.8 Å². The molecule has 0 radical (unpaired) electrons. The standard InChI is InChI=1S/C31H59NO13/c1-3-4-5-6-7-8-9-10-11-12-13-14-15-21(36)20(32-19(2)35)18-42-30-28(41)26(39)29(23(17-34)44-30)45-31-27(40)25(38)24(37)22(16-33)43-31/h20-31,33-34,36-41H,3-18H2,1-2H3,(H,32,35). The normalized spacial score (nSPS) is 33.6. The first kappa shape index (κ1) is 40.2. The monoisotopic (exact) mass is 653 g/mol. The number of hydrogen-bond acceptors (Lipinski definition) is 13. The molecule has 14 nitrogen and oxygen atoms in total. The van der Waals surface area contributed by atoms with Crippen LogP contribution in [0, 0.1) is 0 Å². The van der Waals surface area contributed by atoms with Gasteiger partial charge in [-0.2, -0.15) is 0 Å². The van der Waals surface area contributed by atoms with Crippen molar-refractivity contribution in [2.24, 2.45) is 0 Å². The van der Waals surface area contributed by atoms with Crippen molar-refractivity contribution in [3.8, 4) is 0 Å². The lowest BCUT2D eigenvalue weighted by Crippen LogP contribution is -2.65. The zero-order valence-electron chi connectivity index (χ0n) is 26.9. The zero-order valence-corrected chi connectivity index (χ0v) is 26.9. The molecule has 12 unspecified atom stereocenters. The number of nitrogens with one attached hydrogen (secondary N) is 1. The van der Waals surface area contributed by atoms with Gasteiger partial charge in [-0.25, -0.2) is 0 Å². The summed E-state index contributed by atoms with van der Waals surface area (Å²) in [6, 6.07) is -0.821. The minimum atomic E-state index is -1.77. The number of carbonyl (C=O) groups excluding carboxylic acids is 1. The van der Waals surface area contributed by atoms with Gasteiger partial charge in [0, 0.05) is 6.92 Å². The third-order valence-electron chi connectivity index (χ3n) is 8.61. The Morgan fingerprint density at radius 1 is 0.711 bits per heavy atom. The lowest BCUT2D eigenvalue weighted by atomic mass is 9.97. The van der Waals surface area contributed by atoms with Crippen LogP contribution in [0.5, 0.6) is 0 Å². The number of carbonyl (C=O) groups is 1. The minimum Gasteiger partial charge on any atom is -0.394 e. The fraction of sp³-hybridized carbons (Fsp3) is 0.968. The molecule has 2 aliphatic rings. The van der Waals surface area contributed by atoms with Gasteiger partial charge in [-0.05, 0) is 6.42 Å². The van der Waals surface area contributed by atoms with Crippen molar-refractivity contribution in [1.82, 2.24) is 5.32 Å². The lowest BCUT2D eigenvalue weighted by Gasteiger charge is -2.46. The van der Waals surface area contributed by atoms with Gasteiger partial charge in [0.25, 0.3) is 0 Å². The van der Waals surface area contributed by atoms with E-state index in [-0.39, 0.29) is 12.5 Å². The smallest absolute Gasteiger partial charge is 0.217 e. The molecular weight excluding hydrogens is 594 g/mol. The molecule has 0 aromatic carbocycles. The second kappa shape index (κ2) is 21.8. The van der Waals surface area contributed by atoms with E-state index in [9.17, 15) is 45.6 Å². The Bertz CT molecular complexity index is 791. The molecular formula is C31H59NO13. The van der Waals surface area contributed by atoms with Gasteiger partial charge in [0.1, 0.15) is 48.8 Å². The molecule has 2 rings (SSSR count). The van der Waals surface area contributed by atoms with Gasteiger partial charge in [-0.15, -0.1) is 0 Å². The third-order valence-corrected chi connectivity index (χ3v) is 8.61. The molecule has 0 spiro atoms. The number of hydrogen-bond donors (Lipinski definition) is 9. The van der Waals surface area contributed by atoms with E-state index in [0.29, 0.717) is 6.42 Å². The summed E-state index contributed by atoms with van der Waals surface area (Å²) in [5.41, 5.74) is 0. The molecule has 0 saturated carbocycles. The van der Waals surface area contributed by atoms with Gasteiger partial charge in [0.2, 0.25) is 5.91 Å². The van der Waals surface area contributed by atoms with Crippen LogP contribution in [0.2, 0.25) is 0 Å². The molecule has 2 saturated heterocycles. The van der Waals surface area contributed by atoms with Crippen molar-refractivity contribution in [3.63, 3.8) is 0 Å². The van der Waals surface area contributed by atoms with Crippen LogP contribution >= 0.6 is 0 Å². The molecule has 0 bridgehead atoms. The average Bonchev–Trinajstić information content (AvgIpc) is 3.02. The highest BCUT2D eigenvalue weighted by molar-refractivity contribution is 5.73. The zero-order chi connectivity index (χ0) is 33.4. The third kappa shape index (κ3) is 13.2. The van der Waals surface area contributed by atoms with Crippen LogP contribution in [0.1, 0.15) is 97.3 Å². The Labute approximate surface area is 266 Å². The maximum Gasteiger partial charge on any atom is 0.217 e. The van der Waals surface area contributed by atoms with Crippen molar-refractivity contribution in [2.75, 3.05) is 19.8 Å². The molecule has 2 fully saturated rings. The van der Waals surface area contributed by atoms with Gasteiger partial charge >= 0.3 is 0 Å². The van der Waals surface area contributed by atoms with E-state index in [1.807, 2.05) is 0 Å². The molecule has 0 aromatic heterocycles. The summed E-state index contributed by atoms with van der Waals surface area (Å²) in [5.74, 6) is -0.385. The van der Waals surface area contributed by atoms with Crippen LogP contribution in [0.4, 0.5) is 0 Å². The number of unbranched alkanes of at least 4 members (excludes halogenated alkanes) is 11. The van der Waals surface area contributed by atoms with Crippen molar-refractivity contribution in [2.45, 2.75) is 171 Å². The predicted molar refractivity (Wildman–Crippen MR) is 162 cm³/mol. The number of aliphatic hydroxyl groups is 8. The van der Waals surface area contributed by atoms with Crippen molar-refractivity contribution in [1.29, 1.82) is 0 Å². The second-order valence-electron chi connectivity index (χ2n) is 12.4. The number of ether oxygens (including phenoxy) is 4. The summed E-state index contributed by atoms with van der Waals surface area (Å²) in [5, 5.41) is 84.6. The quantitative estimate of drug-likeness (QED) is 0.0678. The van der Waals surface area contributed by atoms with Gasteiger partial charge < -0.3 is 65.1 Å². The highest BCUT2D eigenvalue weighted by atomic mass is 16.7. The van der Waals surface area contributed by atoms with Gasteiger partial charge in [-0.3, -0.25) is 4.79 Å². The summed E-state index contributed by atoms with van der Waals surface area (Å²) >= 11 is 0. The first-order chi connectivity index (χ1) is 21.5. The number of amides is 1. The summed E-state index contributed by atoms with van der Waals surface area (Å²) in [4.78, 5) is 11.8. The number of aliphatic hydroxyl groups excluding tert-OH is 8. The highest BCUT2D eigenvalue weighted by Crippen LogP contribution is 2.29. The van der Waals surface area contributed by atoms with Crippen LogP contribution in [0.25, 0.3) is 0 Å². The van der Waals surface area contributed by atoms with E-state index >= 15 is 0 Å². The fourth-order valence-electron chi connectivity index (χ4n) is 5.80. The van der Waals surface area contributed by atoms with Crippen LogP contribution in [0.3, 0.4) is 0 Å². The summed E-state index contributed by atoms with van der Waals surface area (Å²) in [7, 11) is 0. The summed E-state index contributed by atoms with van der Waals surface area (Å²) in [6.45, 7) is 1.86. The average molecular weight is 654 g/mol. The largest absolute Gasteiger partial charge is 0.394 e. The summed E-state index contributed by atoms with van der Waals surface area (Å²) < 4.78 is 22.1. The van der Waals surface area contributed by atoms with Crippen LogP contribution < -0.4 is 5.32 Å². The SMILES string of the molecule is CCCCCCCCCCCCCCC(O)C(COC1OC(CO)C(OC2OC(CO)C(O)C(O)C2O)C(O)C1O)NC(C)=O. The van der Waals surface area contributed by atoms with E-state index in [2.05, 4.69) is 12.2 Å². The van der Waals surface area contributed by atoms with Crippen LogP contribution in [0.15, 0.2) is 0 Å². The molecule has 2 aliphatic heterocycles. The minimum absolute atomic E-state index is 0.260. The molecule has 14 heteroatoms. The summed E-state index contributed by atoms with van der Waals surface area (Å²) in [6.07, 6.45) is -2.01. The number of rotatable bonds is 22. The maximum absolute atomic E-state index is 11.8. The Morgan fingerprint density at radius 2 is 1.22 bits per heavy atom. The van der Waals surface area contributed by atoms with E-state index in [1.54, 1.807) is 0 Å². The van der Waals surface area contributed by atoms with Gasteiger partial charge in [0.15, 0.2) is 12.6 Å². The molecule has 0 aliphatic carbocycles. The Hall–Kier alpha value is -1.01. The maximum atomic E-state index is 11.8. The van der Waals surface area contributed by atoms with Gasteiger partial charge in [-0.1, -0.05) is 84.0 Å². The molecule has 1 amide bonds. The van der Waals surface area contributed by atoms with E-state index in [1.165, 1.54) is 58.3 Å².